The van der Waals surface area contributed by atoms with Crippen LogP contribution in [0.3, 0.4) is 0 Å². The van der Waals surface area contributed by atoms with E-state index in [1.54, 1.807) is 38.3 Å². The van der Waals surface area contributed by atoms with Crippen LogP contribution in [0.5, 0.6) is 5.75 Å². The Morgan fingerprint density at radius 1 is 1.27 bits per heavy atom. The maximum Gasteiger partial charge on any atom is 0.337 e. The van der Waals surface area contributed by atoms with E-state index in [0.717, 1.165) is 11.3 Å². The molecule has 1 amide bonds. The van der Waals surface area contributed by atoms with Gasteiger partial charge < -0.3 is 19.9 Å². The van der Waals surface area contributed by atoms with Crippen molar-refractivity contribution in [2.45, 2.75) is 19.4 Å². The van der Waals surface area contributed by atoms with Crippen LogP contribution in [0.2, 0.25) is 0 Å². The number of aromatic nitrogens is 2. The number of amides is 1. The molecule has 0 aliphatic heterocycles. The maximum atomic E-state index is 13.2. The summed E-state index contributed by atoms with van der Waals surface area (Å²) in [6, 6.07) is 5.84. The number of nitrogens with one attached hydrogen (secondary N) is 1. The lowest BCUT2D eigenvalue weighted by Gasteiger charge is -2.19. The Hall–Kier alpha value is -3.24. The second-order valence-electron chi connectivity index (χ2n) is 6.47. The summed E-state index contributed by atoms with van der Waals surface area (Å²) >= 11 is 1.08. The minimum atomic E-state index is -1.22. The van der Waals surface area contributed by atoms with Crippen molar-refractivity contribution < 1.29 is 24.2 Å². The van der Waals surface area contributed by atoms with Gasteiger partial charge >= 0.3 is 5.97 Å². The number of anilines is 1. The van der Waals surface area contributed by atoms with Crippen LogP contribution in [0.25, 0.3) is 10.2 Å². The van der Waals surface area contributed by atoms with E-state index in [1.807, 2.05) is 0 Å². The smallest absolute Gasteiger partial charge is 0.337 e. The van der Waals surface area contributed by atoms with E-state index < -0.39 is 23.5 Å². The molecule has 0 aliphatic rings. The van der Waals surface area contributed by atoms with E-state index >= 15 is 0 Å². The number of hydrogen-bond donors (Lipinski definition) is 2. The van der Waals surface area contributed by atoms with Crippen LogP contribution < -0.4 is 15.6 Å². The Morgan fingerprint density at radius 3 is 2.57 bits per heavy atom. The summed E-state index contributed by atoms with van der Waals surface area (Å²) in [5.74, 6) is -0.654. The standard InChI is InChI=1S/C20H21N3O6S/c1-11(17(24)21-12-4-6-13(29-3)7-5-12)23-15(8-9-28-2)22-18-16(19(23)25)14(10-30-18)20(26)27/h4-7,10-11H,8-9H2,1-3H3,(H,21,24)(H,26,27). The molecule has 9 nitrogen and oxygen atoms in total. The number of hydrogen-bond acceptors (Lipinski definition) is 7. The lowest BCUT2D eigenvalue weighted by Crippen LogP contribution is -2.35. The fourth-order valence-corrected chi connectivity index (χ4v) is 3.93. The largest absolute Gasteiger partial charge is 0.497 e. The van der Waals surface area contributed by atoms with Crippen molar-refractivity contribution in [2.24, 2.45) is 0 Å². The van der Waals surface area contributed by atoms with Gasteiger partial charge in [-0.25, -0.2) is 9.78 Å². The van der Waals surface area contributed by atoms with Gasteiger partial charge in [0.15, 0.2) is 0 Å². The second kappa shape index (κ2) is 9.06. The Bertz CT molecular complexity index is 1140. The molecular formula is C20H21N3O6S. The van der Waals surface area contributed by atoms with Crippen LogP contribution in [-0.2, 0) is 16.0 Å². The van der Waals surface area contributed by atoms with E-state index in [4.69, 9.17) is 9.47 Å². The first-order valence-electron chi connectivity index (χ1n) is 9.07. The molecule has 1 aromatic carbocycles. The van der Waals surface area contributed by atoms with E-state index in [2.05, 4.69) is 10.3 Å². The van der Waals surface area contributed by atoms with Gasteiger partial charge in [0.25, 0.3) is 5.56 Å². The predicted molar refractivity (Wildman–Crippen MR) is 113 cm³/mol. The van der Waals surface area contributed by atoms with E-state index in [9.17, 15) is 19.5 Å². The molecule has 3 aromatic rings. The zero-order valence-corrected chi connectivity index (χ0v) is 17.5. The molecule has 2 heterocycles. The minimum Gasteiger partial charge on any atom is -0.497 e. The molecule has 30 heavy (non-hydrogen) atoms. The number of methoxy groups -OCH3 is 2. The minimum absolute atomic E-state index is 0.00207. The molecule has 1 unspecified atom stereocenters. The third-order valence-corrected chi connectivity index (χ3v) is 5.47. The Morgan fingerprint density at radius 2 is 1.97 bits per heavy atom. The zero-order chi connectivity index (χ0) is 21.8. The highest BCUT2D eigenvalue weighted by Gasteiger charge is 2.25. The van der Waals surface area contributed by atoms with Gasteiger partial charge in [-0.1, -0.05) is 0 Å². The zero-order valence-electron chi connectivity index (χ0n) is 16.7. The number of carboxylic acids is 1. The van der Waals surface area contributed by atoms with Crippen LogP contribution >= 0.6 is 11.3 Å². The molecule has 0 aliphatic carbocycles. The van der Waals surface area contributed by atoms with Crippen molar-refractivity contribution in [2.75, 3.05) is 26.1 Å². The normalized spacial score (nSPS) is 12.0. The molecule has 10 heteroatoms. The summed E-state index contributed by atoms with van der Waals surface area (Å²) in [6.07, 6.45) is 0.294. The maximum absolute atomic E-state index is 13.2. The molecule has 0 spiro atoms. The van der Waals surface area contributed by atoms with Crippen molar-refractivity contribution in [3.8, 4) is 5.75 Å². The highest BCUT2D eigenvalue weighted by molar-refractivity contribution is 7.17. The van der Waals surface area contributed by atoms with Crippen LogP contribution in [0.15, 0.2) is 34.4 Å². The van der Waals surface area contributed by atoms with Crippen molar-refractivity contribution in [3.05, 3.63) is 51.4 Å². The van der Waals surface area contributed by atoms with Crippen molar-refractivity contribution >= 4 is 39.1 Å². The second-order valence-corrected chi connectivity index (χ2v) is 7.33. The lowest BCUT2D eigenvalue weighted by molar-refractivity contribution is -0.119. The Balaban J connectivity index is 2.03. The number of carbonyl (C=O) groups is 2. The number of rotatable bonds is 8. The molecule has 2 aromatic heterocycles. The molecule has 1 atom stereocenters. The summed E-state index contributed by atoms with van der Waals surface area (Å²) in [7, 11) is 3.07. The first-order chi connectivity index (χ1) is 14.4. The van der Waals surface area contributed by atoms with Gasteiger partial charge in [-0.15, -0.1) is 11.3 Å². The molecule has 0 saturated heterocycles. The molecule has 0 bridgehead atoms. The van der Waals surface area contributed by atoms with Crippen LogP contribution in [0.1, 0.15) is 29.1 Å². The van der Waals surface area contributed by atoms with E-state index in [-0.39, 0.29) is 10.9 Å². The highest BCUT2D eigenvalue weighted by atomic mass is 32.1. The van der Waals surface area contributed by atoms with Crippen LogP contribution in [0, 0.1) is 0 Å². The number of thiophene rings is 1. The summed E-state index contributed by atoms with van der Waals surface area (Å²) in [5, 5.41) is 13.5. The van der Waals surface area contributed by atoms with E-state index in [1.165, 1.54) is 17.1 Å². The molecule has 158 valence electrons. The first-order valence-corrected chi connectivity index (χ1v) is 9.95. The Kier molecular flexibility index (Phi) is 6.48. The third-order valence-electron chi connectivity index (χ3n) is 4.60. The van der Waals surface area contributed by atoms with Gasteiger partial charge in [0.1, 0.15) is 22.4 Å². The average molecular weight is 431 g/mol. The van der Waals surface area contributed by atoms with Gasteiger partial charge in [0.2, 0.25) is 5.91 Å². The van der Waals surface area contributed by atoms with Crippen LogP contribution in [0.4, 0.5) is 5.69 Å². The van der Waals surface area contributed by atoms with Crippen molar-refractivity contribution in [3.63, 3.8) is 0 Å². The predicted octanol–water partition coefficient (Wildman–Crippen LogP) is 2.55. The molecule has 0 fully saturated rings. The molecule has 2 N–H and O–H groups in total. The first kappa shape index (κ1) is 21.5. The van der Waals surface area contributed by atoms with Gasteiger partial charge in [-0.3, -0.25) is 14.2 Å². The number of carboxylic acid groups (broad SMARTS) is 1. The molecule has 0 radical (unpaired) electrons. The quantitative estimate of drug-likeness (QED) is 0.562. The SMILES string of the molecule is COCCc1nc2scc(C(=O)O)c2c(=O)n1C(C)C(=O)Nc1ccc(OC)cc1. The Labute approximate surface area is 175 Å². The molecule has 0 saturated carbocycles. The summed E-state index contributed by atoms with van der Waals surface area (Å²) in [5.41, 5.74) is -0.153. The number of ether oxygens (including phenoxy) is 2. The highest BCUT2D eigenvalue weighted by Crippen LogP contribution is 2.24. The van der Waals surface area contributed by atoms with Crippen LogP contribution in [-0.4, -0.2) is 47.4 Å². The topological polar surface area (TPSA) is 120 Å². The third kappa shape index (κ3) is 4.19. The monoisotopic (exact) mass is 431 g/mol. The molecular weight excluding hydrogens is 410 g/mol. The summed E-state index contributed by atoms with van der Waals surface area (Å²) < 4.78 is 11.4. The summed E-state index contributed by atoms with van der Waals surface area (Å²) in [6.45, 7) is 1.86. The molecule has 3 rings (SSSR count). The van der Waals surface area contributed by atoms with E-state index in [0.29, 0.717) is 35.1 Å². The van der Waals surface area contributed by atoms with Crippen molar-refractivity contribution in [1.82, 2.24) is 9.55 Å². The number of aromatic carboxylic acids is 1. The number of carbonyl (C=O) groups excluding carboxylic acids is 1. The number of nitrogens with zero attached hydrogens (tertiary/aromatic N) is 2. The lowest BCUT2D eigenvalue weighted by atomic mass is 10.2. The van der Waals surface area contributed by atoms with Gasteiger partial charge in [0.05, 0.1) is 24.7 Å². The fourth-order valence-electron chi connectivity index (χ4n) is 3.01. The van der Waals surface area contributed by atoms with Crippen molar-refractivity contribution in [1.29, 1.82) is 0 Å². The van der Waals surface area contributed by atoms with Gasteiger partial charge in [0, 0.05) is 24.6 Å². The number of benzene rings is 1. The number of fused-ring (bicyclic) bond motifs is 1. The summed E-state index contributed by atoms with van der Waals surface area (Å²) in [4.78, 5) is 42.4. The van der Waals surface area contributed by atoms with Gasteiger partial charge in [-0.05, 0) is 31.2 Å². The fraction of sp³-hybridized carbons (Fsp3) is 0.300. The average Bonchev–Trinajstić information content (AvgIpc) is 3.17. The van der Waals surface area contributed by atoms with Gasteiger partial charge in [-0.2, -0.15) is 0 Å².